The fourth-order valence-corrected chi connectivity index (χ4v) is 0.996. The summed E-state index contributed by atoms with van der Waals surface area (Å²) in [6, 6.07) is 0. The highest BCUT2D eigenvalue weighted by Crippen LogP contribution is 2.01. The molecule has 0 radical (unpaired) electrons. The number of carbonyl (C=O) groups excluding carboxylic acids is 1. The average molecular weight is 216 g/mol. The van der Waals surface area contributed by atoms with Crippen LogP contribution in [0, 0.1) is 0 Å². The van der Waals surface area contributed by atoms with Gasteiger partial charge in [0.1, 0.15) is 0 Å². The number of hydrogen-bond acceptors (Lipinski definition) is 4. The Kier molecular flexibility index (Phi) is 9.11. The maximum Gasteiger partial charge on any atom is 0.336 e. The molecule has 0 spiro atoms. The Morgan fingerprint density at radius 3 is 2.53 bits per heavy atom. The van der Waals surface area contributed by atoms with Crippen molar-refractivity contribution in [1.29, 1.82) is 0 Å². The zero-order chi connectivity index (χ0) is 11.5. The molecule has 4 heteroatoms. The van der Waals surface area contributed by atoms with E-state index in [2.05, 4.69) is 0 Å². The van der Waals surface area contributed by atoms with E-state index in [9.17, 15) is 4.79 Å². The smallest absolute Gasteiger partial charge is 0.336 e. The number of esters is 1. The molecule has 0 aliphatic heterocycles. The van der Waals surface area contributed by atoms with E-state index in [4.69, 9.17) is 14.2 Å². The van der Waals surface area contributed by atoms with Crippen molar-refractivity contribution in [1.82, 2.24) is 0 Å². The first kappa shape index (κ1) is 14.1. The molecule has 4 nitrogen and oxygen atoms in total. The molecular weight excluding hydrogens is 196 g/mol. The molecule has 0 bridgehead atoms. The summed E-state index contributed by atoms with van der Waals surface area (Å²) in [5.41, 5.74) is 0.579. The Bertz CT molecular complexity index is 199. The number of hydrogen-bond donors (Lipinski definition) is 0. The van der Waals surface area contributed by atoms with Crippen molar-refractivity contribution < 1.29 is 19.0 Å². The molecule has 0 fully saturated rings. The van der Waals surface area contributed by atoms with Crippen LogP contribution in [0.25, 0.3) is 0 Å². The van der Waals surface area contributed by atoms with Crippen LogP contribution in [0.5, 0.6) is 0 Å². The van der Waals surface area contributed by atoms with Gasteiger partial charge in [0.25, 0.3) is 0 Å². The largest absolute Gasteiger partial charge is 0.463 e. The molecule has 0 aromatic heterocycles. The summed E-state index contributed by atoms with van der Waals surface area (Å²) in [5, 5.41) is 0. The van der Waals surface area contributed by atoms with Crippen molar-refractivity contribution in [2.45, 2.75) is 20.3 Å². The molecule has 15 heavy (non-hydrogen) atoms. The summed E-state index contributed by atoms with van der Waals surface area (Å²) in [4.78, 5) is 11.4. The van der Waals surface area contributed by atoms with Gasteiger partial charge in [-0.15, -0.1) is 0 Å². The number of ether oxygens (including phenoxy) is 3. The predicted octanol–water partition coefficient (Wildman–Crippen LogP) is 1.55. The van der Waals surface area contributed by atoms with Crippen molar-refractivity contribution in [2.24, 2.45) is 0 Å². The van der Waals surface area contributed by atoms with Crippen molar-refractivity contribution in [3.05, 3.63) is 11.6 Å². The van der Waals surface area contributed by atoms with Gasteiger partial charge in [0.2, 0.25) is 0 Å². The monoisotopic (exact) mass is 216 g/mol. The fourth-order valence-electron chi connectivity index (χ4n) is 0.996. The van der Waals surface area contributed by atoms with Gasteiger partial charge < -0.3 is 14.2 Å². The molecule has 0 heterocycles. The second-order valence-electron chi connectivity index (χ2n) is 2.90. The molecule has 0 amide bonds. The minimum absolute atomic E-state index is 0.288. The van der Waals surface area contributed by atoms with E-state index in [1.165, 1.54) is 0 Å². The van der Waals surface area contributed by atoms with Gasteiger partial charge in [0, 0.05) is 7.11 Å². The van der Waals surface area contributed by atoms with E-state index >= 15 is 0 Å². The van der Waals surface area contributed by atoms with E-state index < -0.39 is 0 Å². The third kappa shape index (κ3) is 7.11. The molecule has 88 valence electrons. The predicted molar refractivity (Wildman–Crippen MR) is 57.7 cm³/mol. The van der Waals surface area contributed by atoms with Crippen LogP contribution in [0.15, 0.2) is 11.6 Å². The quantitative estimate of drug-likeness (QED) is 0.351. The summed E-state index contributed by atoms with van der Waals surface area (Å²) in [7, 11) is 1.61. The maximum atomic E-state index is 11.4. The SMILES string of the molecule is CCC=C(COCCOC)C(=O)OCC. The zero-order valence-electron chi connectivity index (χ0n) is 9.75. The van der Waals surface area contributed by atoms with E-state index in [1.54, 1.807) is 14.0 Å². The van der Waals surface area contributed by atoms with Crippen LogP contribution in [-0.4, -0.2) is 39.5 Å². The first-order valence-electron chi connectivity index (χ1n) is 5.19. The average Bonchev–Trinajstić information content (AvgIpc) is 2.23. The Balaban J connectivity index is 3.94. The van der Waals surface area contributed by atoms with Crippen molar-refractivity contribution in [2.75, 3.05) is 33.5 Å². The Morgan fingerprint density at radius 1 is 1.27 bits per heavy atom. The standard InChI is InChI=1S/C11H20O4/c1-4-6-10(11(12)15-5-2)9-14-8-7-13-3/h6H,4-5,7-9H2,1-3H3. The summed E-state index contributed by atoms with van der Waals surface area (Å²) >= 11 is 0. The highest BCUT2D eigenvalue weighted by atomic mass is 16.5. The molecule has 0 saturated heterocycles. The van der Waals surface area contributed by atoms with E-state index in [0.29, 0.717) is 25.4 Å². The topological polar surface area (TPSA) is 44.8 Å². The third-order valence-corrected chi connectivity index (χ3v) is 1.68. The van der Waals surface area contributed by atoms with E-state index in [-0.39, 0.29) is 12.6 Å². The Morgan fingerprint density at radius 2 is 2.00 bits per heavy atom. The molecule has 0 rings (SSSR count). The number of methoxy groups -OCH3 is 1. The highest BCUT2D eigenvalue weighted by molar-refractivity contribution is 5.88. The summed E-state index contributed by atoms with van der Waals surface area (Å²) in [6.45, 7) is 5.44. The zero-order valence-corrected chi connectivity index (χ0v) is 9.75. The van der Waals surface area contributed by atoms with Crippen LogP contribution < -0.4 is 0 Å². The van der Waals surface area contributed by atoms with Gasteiger partial charge in [-0.2, -0.15) is 0 Å². The normalized spacial score (nSPS) is 11.5. The van der Waals surface area contributed by atoms with E-state index in [1.807, 2.05) is 13.0 Å². The molecule has 0 aliphatic rings. The van der Waals surface area contributed by atoms with Crippen LogP contribution in [-0.2, 0) is 19.0 Å². The molecule has 0 atom stereocenters. The van der Waals surface area contributed by atoms with Crippen LogP contribution in [0.2, 0.25) is 0 Å². The molecule has 0 aromatic rings. The number of rotatable bonds is 8. The van der Waals surface area contributed by atoms with Crippen molar-refractivity contribution >= 4 is 5.97 Å². The number of allylic oxidation sites excluding steroid dienone is 1. The van der Waals surface area contributed by atoms with Gasteiger partial charge in [-0.1, -0.05) is 13.0 Å². The van der Waals surface area contributed by atoms with Crippen molar-refractivity contribution in [3.8, 4) is 0 Å². The minimum atomic E-state index is -0.295. The highest BCUT2D eigenvalue weighted by Gasteiger charge is 2.09. The maximum absolute atomic E-state index is 11.4. The Labute approximate surface area is 91.2 Å². The molecule has 0 saturated carbocycles. The summed E-state index contributed by atoms with van der Waals surface area (Å²) in [5.74, 6) is -0.295. The van der Waals surface area contributed by atoms with Gasteiger partial charge in [0.15, 0.2) is 0 Å². The van der Waals surface area contributed by atoms with Crippen molar-refractivity contribution in [3.63, 3.8) is 0 Å². The second-order valence-corrected chi connectivity index (χ2v) is 2.90. The Hall–Kier alpha value is -0.870. The first-order chi connectivity index (χ1) is 7.26. The van der Waals surface area contributed by atoms with Crippen LogP contribution in [0.3, 0.4) is 0 Å². The van der Waals surface area contributed by atoms with Gasteiger partial charge in [0.05, 0.1) is 32.0 Å². The molecule has 0 aliphatic carbocycles. The van der Waals surface area contributed by atoms with Gasteiger partial charge >= 0.3 is 5.97 Å². The van der Waals surface area contributed by atoms with Crippen LogP contribution >= 0.6 is 0 Å². The summed E-state index contributed by atoms with van der Waals surface area (Å²) in [6.07, 6.45) is 2.62. The summed E-state index contributed by atoms with van der Waals surface area (Å²) < 4.78 is 15.0. The second kappa shape index (κ2) is 9.68. The number of carbonyl (C=O) groups is 1. The lowest BCUT2D eigenvalue weighted by atomic mass is 10.2. The minimum Gasteiger partial charge on any atom is -0.463 e. The molecule has 0 N–H and O–H groups in total. The van der Waals surface area contributed by atoms with Gasteiger partial charge in [-0.3, -0.25) is 0 Å². The van der Waals surface area contributed by atoms with Gasteiger partial charge in [-0.25, -0.2) is 4.79 Å². The van der Waals surface area contributed by atoms with Crippen LogP contribution in [0.1, 0.15) is 20.3 Å². The van der Waals surface area contributed by atoms with Gasteiger partial charge in [-0.05, 0) is 13.3 Å². The molecule has 0 aromatic carbocycles. The lowest BCUT2D eigenvalue weighted by Crippen LogP contribution is -2.14. The first-order valence-corrected chi connectivity index (χ1v) is 5.19. The third-order valence-electron chi connectivity index (χ3n) is 1.68. The van der Waals surface area contributed by atoms with Crippen LogP contribution in [0.4, 0.5) is 0 Å². The fraction of sp³-hybridized carbons (Fsp3) is 0.727. The van der Waals surface area contributed by atoms with E-state index in [0.717, 1.165) is 6.42 Å². The lowest BCUT2D eigenvalue weighted by Gasteiger charge is -2.07. The molecular formula is C11H20O4. The molecule has 0 unspecified atom stereocenters. The lowest BCUT2D eigenvalue weighted by molar-refractivity contribution is -0.139.